The molecule has 22 heteroatoms. The molecular weight excluding hydrogens is 1600 g/mol. The number of likely N-dealkylation sites (tertiary alicyclic amines) is 5. The van der Waals surface area contributed by atoms with Crippen LogP contribution in [0.25, 0.3) is 28.5 Å². The molecule has 662 valence electrons. The molecule has 5 aromatic heterocycles. The normalized spacial score (nSPS) is 23.2. The fraction of sp³-hybridized carbons (Fsp3) is 0.528. The minimum absolute atomic E-state index is 0.0237. The number of ketones is 5. The molecule has 10 aliphatic carbocycles. The van der Waals surface area contributed by atoms with Gasteiger partial charge in [0, 0.05) is 216 Å². The molecule has 0 unspecified atom stereocenters. The largest absolute Gasteiger partial charge is 0.389 e. The van der Waals surface area contributed by atoms with Gasteiger partial charge >= 0.3 is 0 Å². The molecule has 0 amide bonds. The Morgan fingerprint density at radius 3 is 0.812 bits per heavy atom. The van der Waals surface area contributed by atoms with Gasteiger partial charge in [0.25, 0.3) is 0 Å². The Kier molecular flexibility index (Phi) is 23.3. The average Bonchev–Trinajstić information content (AvgIpc) is 1.12. The predicted molar refractivity (Wildman–Crippen MR) is 500 cm³/mol. The molecule has 0 atom stereocenters. The molecule has 23 rings (SSSR count). The van der Waals surface area contributed by atoms with E-state index in [1.54, 1.807) is 0 Å². The first-order valence-corrected chi connectivity index (χ1v) is 47.2. The number of aromatic nitrogens is 5. The van der Waals surface area contributed by atoms with Crippen molar-refractivity contribution in [3.8, 4) is 61.7 Å². The third-order valence-electron chi connectivity index (χ3n) is 32.2. The quantitative estimate of drug-likeness (QED) is 0.117. The number of terminal acetylenes is 5. The van der Waals surface area contributed by atoms with Crippen molar-refractivity contribution in [2.45, 2.75) is 199 Å². The number of rotatable bonds is 11. The van der Waals surface area contributed by atoms with Crippen molar-refractivity contribution in [1.82, 2.24) is 54.3 Å². The van der Waals surface area contributed by atoms with Crippen LogP contribution in [-0.4, -0.2) is 239 Å². The summed E-state index contributed by atoms with van der Waals surface area (Å²) in [6, 6.07) is 10.5. The third-order valence-corrected chi connectivity index (χ3v) is 32.2. The van der Waals surface area contributed by atoms with Crippen LogP contribution in [0.15, 0.2) is 89.2 Å². The number of Topliss-reactive ketones (excluding diaryl/α,β-unsaturated/α-hetero) is 5. The molecule has 13 fully saturated rings. The number of nitrogens with zero attached hydrogens (tertiary/aromatic N) is 15. The molecule has 8 saturated heterocycles. The van der Waals surface area contributed by atoms with Gasteiger partial charge in [-0.25, -0.2) is 19.9 Å². The smallest absolute Gasteiger partial charge is 0.177 e. The van der Waals surface area contributed by atoms with Gasteiger partial charge in [0.1, 0.15) is 23.3 Å². The van der Waals surface area contributed by atoms with Crippen molar-refractivity contribution in [3.05, 3.63) is 151 Å². The van der Waals surface area contributed by atoms with E-state index in [9.17, 15) is 34.2 Å². The zero-order chi connectivity index (χ0) is 88.7. The van der Waals surface area contributed by atoms with Crippen LogP contribution >= 0.6 is 0 Å². The van der Waals surface area contributed by atoms with Crippen molar-refractivity contribution >= 4 is 80.7 Å². The maximum Gasteiger partial charge on any atom is 0.177 e. The molecule has 0 bridgehead atoms. The summed E-state index contributed by atoms with van der Waals surface area (Å²) >= 11 is 0. The van der Waals surface area contributed by atoms with E-state index in [0.29, 0.717) is 113 Å². The highest BCUT2D eigenvalue weighted by atomic mass is 16.3. The lowest BCUT2D eigenvalue weighted by molar-refractivity contribution is -0.115. The number of hydrogen-bond donors (Lipinski definition) is 2. The summed E-state index contributed by atoms with van der Waals surface area (Å²) in [7, 11) is 8.03. The van der Waals surface area contributed by atoms with Gasteiger partial charge in [-0.05, 0) is 234 Å². The van der Waals surface area contributed by atoms with Crippen LogP contribution in [0.2, 0.25) is 0 Å². The highest BCUT2D eigenvalue weighted by molar-refractivity contribution is 6.14. The van der Waals surface area contributed by atoms with E-state index in [4.69, 9.17) is 32.1 Å². The Morgan fingerprint density at radius 1 is 0.320 bits per heavy atom. The summed E-state index contributed by atoms with van der Waals surface area (Å²) in [4.78, 5) is 108. The Labute approximate surface area is 755 Å². The molecule has 0 radical (unpaired) electrons. The predicted octanol–water partition coefficient (Wildman–Crippen LogP) is 11.6. The highest BCUT2D eigenvalue weighted by Crippen LogP contribution is 2.58. The standard InChI is InChI=1S/C22H25N3O2.C21H23N3O2.C21H23N3O.2C21H25N3O/c1-2-17-19(27)10-15-12-23-20(25-13-16(26)14-25)11-18(15)21(17)24-8-6-22(7-9-24)4-3-5-22;1-2-16-18(26)9-14-11-22-19(24-12-15(25)13-24)10-17(14)20(16)23-7-5-21(3-4-21)6-8-23;1-2-16-18(25)12-15-14-22-19(23-8-3-9-23)13-17(15)20(16)24-10-6-21(4-5-21)7-11-24;1-4-17-19(25)11-15-13-22-16(14-23(2)3)12-18(15)20(17)24-9-7-21(5-6-21)8-10-24;1-4-16-18(25)12-15-14-22-19(23(2)3)13-17(15)20(16)24-10-8-21(9-11-24)6-5-7-21/h1,11-12,16,26H,3-10,13-14H2;1,10-11,15,25H,3-9,12-13H2;1,13-14H,3-12H2;1,12-13H,5-11,14H2,2-3H3;1,13-14H,5-12H2,2-3H3. The molecule has 13 heterocycles. The van der Waals surface area contributed by atoms with Crippen LogP contribution < -0.4 is 19.6 Å². The fourth-order valence-corrected chi connectivity index (χ4v) is 22.7. The molecule has 18 aliphatic rings. The molecule has 2 N–H and O–H groups in total. The van der Waals surface area contributed by atoms with Gasteiger partial charge in [-0.2, -0.15) is 0 Å². The summed E-state index contributed by atoms with van der Waals surface area (Å²) < 4.78 is 0. The lowest BCUT2D eigenvalue weighted by Crippen LogP contribution is -2.51. The average molecular weight is 1720 g/mol. The lowest BCUT2D eigenvalue weighted by atomic mass is 9.63. The minimum atomic E-state index is -0.276. The molecule has 128 heavy (non-hydrogen) atoms. The van der Waals surface area contributed by atoms with Gasteiger partial charge in [0.15, 0.2) is 28.9 Å². The minimum Gasteiger partial charge on any atom is -0.389 e. The maximum absolute atomic E-state index is 12.7. The van der Waals surface area contributed by atoms with Crippen molar-refractivity contribution < 1.29 is 34.2 Å². The van der Waals surface area contributed by atoms with Crippen molar-refractivity contribution in [2.75, 3.05) is 153 Å². The Bertz CT molecular complexity index is 5720. The fourth-order valence-electron chi connectivity index (χ4n) is 22.7. The summed E-state index contributed by atoms with van der Waals surface area (Å²) in [5.41, 5.74) is 21.8. The topological polar surface area (TPSA) is 223 Å². The van der Waals surface area contributed by atoms with Gasteiger partial charge < -0.3 is 59.2 Å². The van der Waals surface area contributed by atoms with Gasteiger partial charge in [-0.1, -0.05) is 42.4 Å². The van der Waals surface area contributed by atoms with Crippen LogP contribution in [-0.2, 0) is 62.6 Å². The number of piperidine rings is 5. The first kappa shape index (κ1) is 86.1. The number of carbonyl (C=O) groups is 5. The number of allylic oxidation sites excluding steroid dienone is 5. The Balaban J connectivity index is 0.000000104. The maximum atomic E-state index is 12.7. The molecule has 8 aliphatic heterocycles. The zero-order valence-electron chi connectivity index (χ0n) is 75.3. The van der Waals surface area contributed by atoms with E-state index in [-0.39, 0.29) is 41.1 Å². The van der Waals surface area contributed by atoms with E-state index < -0.39 is 0 Å². The summed E-state index contributed by atoms with van der Waals surface area (Å²) in [6.07, 6.45) is 68.9. The van der Waals surface area contributed by atoms with Crippen molar-refractivity contribution in [3.63, 3.8) is 0 Å². The second-order valence-electron chi connectivity index (χ2n) is 40.7. The van der Waals surface area contributed by atoms with Crippen LogP contribution in [0.3, 0.4) is 0 Å². The number of carbonyl (C=O) groups excluding carboxylic acids is 5. The van der Waals surface area contributed by atoms with Crippen molar-refractivity contribution in [1.29, 1.82) is 0 Å². The highest BCUT2D eigenvalue weighted by Gasteiger charge is 2.50. The molecule has 5 aromatic rings. The molecule has 5 spiro atoms. The number of aliphatic hydroxyl groups is 2. The molecule has 5 saturated carbocycles. The second-order valence-corrected chi connectivity index (χ2v) is 40.7. The molecule has 0 aromatic carbocycles. The number of pyridine rings is 5. The van der Waals surface area contributed by atoms with Crippen LogP contribution in [0, 0.1) is 88.8 Å². The van der Waals surface area contributed by atoms with Crippen LogP contribution in [0.4, 0.5) is 23.3 Å². The monoisotopic (exact) mass is 1720 g/mol. The van der Waals surface area contributed by atoms with E-state index in [1.165, 1.54) is 148 Å². The van der Waals surface area contributed by atoms with E-state index in [1.807, 2.05) is 64.1 Å². The molecular formula is C106H121N15O7. The third kappa shape index (κ3) is 16.8. The summed E-state index contributed by atoms with van der Waals surface area (Å²) in [5, 5.41) is 19.2. The number of anilines is 4. The van der Waals surface area contributed by atoms with E-state index in [2.05, 4.69) is 129 Å². The number of hydrogen-bond acceptors (Lipinski definition) is 22. The lowest BCUT2D eigenvalue weighted by Gasteiger charge is -2.49. The Hall–Kier alpha value is -11.3. The van der Waals surface area contributed by atoms with E-state index in [0.717, 1.165) is 198 Å². The molecule has 22 nitrogen and oxygen atoms in total. The second kappa shape index (κ2) is 34.6. The van der Waals surface area contributed by atoms with Crippen LogP contribution in [0.5, 0.6) is 0 Å². The number of fused-ring (bicyclic) bond motifs is 5. The van der Waals surface area contributed by atoms with Crippen molar-refractivity contribution in [2.24, 2.45) is 27.1 Å². The Morgan fingerprint density at radius 2 is 0.578 bits per heavy atom. The summed E-state index contributed by atoms with van der Waals surface area (Å²) in [6.45, 7) is 15.2. The number of aliphatic hydroxyl groups excluding tert-OH is 2. The SMILES string of the molecule is C#CC1=C(N2CCC3(CC2)CC3)c2cc(CN(C)C)ncc2CC1=O.C#CC1=C(N2CCC3(CC2)CC3)c2cc(N3CC(O)C3)ncc2CC1=O.C#CC1=C(N2CCC3(CC2)CC3)c2cc(N3CCC3)ncc2CC1=O.C#CC1=C(N2CCC3(CCC3)CC2)c2cc(N(C)C)ncc2CC1=O.C#CC1=C(N2CCC3(CCC3)CC2)c2cc(N3CC(O)C3)ncc2CC1=O. The van der Waals surface area contributed by atoms with Gasteiger partial charge in [-0.15, -0.1) is 32.1 Å². The van der Waals surface area contributed by atoms with Gasteiger partial charge in [-0.3, -0.25) is 29.0 Å². The zero-order valence-corrected chi connectivity index (χ0v) is 75.3. The summed E-state index contributed by atoms with van der Waals surface area (Å²) in [5.74, 6) is 17.3. The van der Waals surface area contributed by atoms with E-state index >= 15 is 0 Å². The number of β-amino-alcohol motifs (C(OH)–C–C–N with tert-alkyl or cyclic N) is 2. The van der Waals surface area contributed by atoms with Gasteiger partial charge in [0.2, 0.25) is 0 Å². The van der Waals surface area contributed by atoms with Gasteiger partial charge in [0.05, 0.1) is 74.3 Å². The van der Waals surface area contributed by atoms with Crippen LogP contribution in [0.1, 0.15) is 209 Å². The first-order valence-electron chi connectivity index (χ1n) is 47.2. The first-order chi connectivity index (χ1) is 61.9.